The molecule has 0 rings (SSSR count). The molecule has 2 atom stereocenters. The van der Waals surface area contributed by atoms with E-state index in [1.54, 1.807) is 0 Å². The number of hydrogen-bond acceptors (Lipinski definition) is 8. The number of rotatable bonds is 18. The molecule has 0 aliphatic heterocycles. The van der Waals surface area contributed by atoms with Crippen LogP contribution in [0.3, 0.4) is 0 Å². The summed E-state index contributed by atoms with van der Waals surface area (Å²) in [7, 11) is 1.50. The number of nitrogens with one attached hydrogen (secondary N) is 4. The van der Waals surface area contributed by atoms with Crippen molar-refractivity contribution in [1.82, 2.24) is 21.3 Å². The van der Waals surface area contributed by atoms with Crippen LogP contribution in [0.1, 0.15) is 58.3 Å². The second-order valence-corrected chi connectivity index (χ2v) is 7.45. The van der Waals surface area contributed by atoms with E-state index < -0.39 is 30.3 Å². The minimum absolute atomic E-state index is 0.0227. The van der Waals surface area contributed by atoms with E-state index >= 15 is 0 Å². The summed E-state index contributed by atoms with van der Waals surface area (Å²) in [5.74, 6) is -2.11. The Kier molecular flexibility index (Phi) is 15.7. The summed E-state index contributed by atoms with van der Waals surface area (Å²) in [6, 6.07) is -1.83. The number of amides is 3. The van der Waals surface area contributed by atoms with Crippen LogP contribution in [-0.4, -0.2) is 83.3 Å². The fourth-order valence-corrected chi connectivity index (χ4v) is 2.75. The number of carbonyl (C=O) groups is 5. The van der Waals surface area contributed by atoms with Crippen LogP contribution in [0.5, 0.6) is 0 Å². The smallest absolute Gasteiger partial charge is 0.320 e. The number of ketones is 1. The zero-order valence-electron chi connectivity index (χ0n) is 18.7. The highest BCUT2D eigenvalue weighted by molar-refractivity contribution is 5.79. The van der Waals surface area contributed by atoms with Gasteiger partial charge in [0, 0.05) is 38.8 Å². The second kappa shape index (κ2) is 17.0. The number of carbonyl (C=O) groups excluding carboxylic acids is 4. The van der Waals surface area contributed by atoms with Crippen LogP contribution < -0.4 is 21.3 Å². The van der Waals surface area contributed by atoms with Crippen LogP contribution in [0, 0.1) is 0 Å². The molecular weight excluding hydrogens is 424 g/mol. The molecule has 0 radical (unpaired) electrons. The maximum absolute atomic E-state index is 12.0. The van der Waals surface area contributed by atoms with Crippen molar-refractivity contribution in [2.45, 2.75) is 76.7 Å². The van der Waals surface area contributed by atoms with Gasteiger partial charge in [0.15, 0.2) is 6.29 Å². The minimum atomic E-state index is -1.83. The third-order valence-corrected chi connectivity index (χ3v) is 4.63. The largest absolute Gasteiger partial charge is 0.480 e. The molecule has 0 aromatic carbocycles. The monoisotopic (exact) mass is 460 g/mol. The fraction of sp³-hybridized carbons (Fsp3) is 0.750. The minimum Gasteiger partial charge on any atom is -0.480 e. The van der Waals surface area contributed by atoms with Gasteiger partial charge in [-0.1, -0.05) is 0 Å². The first-order valence-corrected chi connectivity index (χ1v) is 10.6. The lowest BCUT2D eigenvalue weighted by Crippen LogP contribution is -2.44. The third-order valence-electron chi connectivity index (χ3n) is 4.63. The molecule has 0 spiro atoms. The summed E-state index contributed by atoms with van der Waals surface area (Å²) in [6.45, 7) is 2.01. The fourth-order valence-electron chi connectivity index (χ4n) is 2.75. The predicted molar refractivity (Wildman–Crippen MR) is 114 cm³/mol. The quantitative estimate of drug-likeness (QED) is 0.0931. The zero-order chi connectivity index (χ0) is 24.5. The Balaban J connectivity index is 4.10. The van der Waals surface area contributed by atoms with Gasteiger partial charge >= 0.3 is 5.97 Å². The highest BCUT2D eigenvalue weighted by atomic mass is 16.5. The van der Waals surface area contributed by atoms with Gasteiger partial charge in [0.1, 0.15) is 11.8 Å². The molecule has 2 unspecified atom stereocenters. The van der Waals surface area contributed by atoms with E-state index in [0.717, 1.165) is 0 Å². The summed E-state index contributed by atoms with van der Waals surface area (Å²) >= 11 is 0. The second-order valence-electron chi connectivity index (χ2n) is 7.45. The van der Waals surface area contributed by atoms with Crippen molar-refractivity contribution < 1.29 is 39.3 Å². The van der Waals surface area contributed by atoms with Gasteiger partial charge in [-0.15, -0.1) is 0 Å². The third kappa shape index (κ3) is 15.3. The number of likely N-dealkylation sites (N-methyl/N-ethyl adjacent to an activating group) is 1. The van der Waals surface area contributed by atoms with Gasteiger partial charge in [-0.3, -0.25) is 19.2 Å². The van der Waals surface area contributed by atoms with Gasteiger partial charge < -0.3 is 41.4 Å². The van der Waals surface area contributed by atoms with E-state index in [9.17, 15) is 34.2 Å². The van der Waals surface area contributed by atoms with Crippen molar-refractivity contribution >= 4 is 29.5 Å². The lowest BCUT2D eigenvalue weighted by molar-refractivity contribution is -0.139. The molecule has 0 saturated carbocycles. The average Bonchev–Trinajstić information content (AvgIpc) is 2.71. The maximum atomic E-state index is 12.0. The summed E-state index contributed by atoms with van der Waals surface area (Å²) in [6.07, 6.45) is -0.455. The number of hydrogen-bond donors (Lipinski definition) is 7. The van der Waals surface area contributed by atoms with Crippen LogP contribution in [0.4, 0.5) is 0 Å². The number of aliphatic carboxylic acids is 1. The molecular formula is C20H36N4O8. The molecule has 184 valence electrons. The van der Waals surface area contributed by atoms with E-state index in [-0.39, 0.29) is 56.2 Å². The van der Waals surface area contributed by atoms with E-state index in [2.05, 4.69) is 21.3 Å². The molecule has 0 heterocycles. The van der Waals surface area contributed by atoms with Gasteiger partial charge in [-0.25, -0.2) is 0 Å². The molecule has 0 aliphatic rings. The van der Waals surface area contributed by atoms with Gasteiger partial charge in [0.2, 0.25) is 17.7 Å². The lowest BCUT2D eigenvalue weighted by atomic mass is 10.1. The Labute approximate surface area is 187 Å². The molecule has 0 aromatic rings. The van der Waals surface area contributed by atoms with Crippen molar-refractivity contribution in [3.63, 3.8) is 0 Å². The van der Waals surface area contributed by atoms with Crippen LogP contribution in [-0.2, 0) is 24.0 Å². The van der Waals surface area contributed by atoms with Crippen LogP contribution in [0.15, 0.2) is 0 Å². The van der Waals surface area contributed by atoms with E-state index in [0.29, 0.717) is 25.8 Å². The van der Waals surface area contributed by atoms with Gasteiger partial charge in [0.05, 0.1) is 6.04 Å². The molecule has 3 amide bonds. The van der Waals surface area contributed by atoms with Crippen LogP contribution in [0.2, 0.25) is 0 Å². The Morgan fingerprint density at radius 3 is 1.78 bits per heavy atom. The SMILES string of the molecule is CNC(CCC(=O)NCCCC(=O)NC(CCC(=O)NCCCC(C)=O)C(O)O)C(=O)O. The molecule has 0 fully saturated rings. The first kappa shape index (κ1) is 29.4. The number of aliphatic hydroxyl groups is 2. The summed E-state index contributed by atoms with van der Waals surface area (Å²) in [5.41, 5.74) is 0. The first-order valence-electron chi connectivity index (χ1n) is 10.6. The van der Waals surface area contributed by atoms with Gasteiger partial charge in [-0.2, -0.15) is 0 Å². The standard InChI is InChI=1S/C20H36N4O8/c1-13(25)5-3-11-22-17(27)10-8-15(20(31)32)24-18(28)6-4-12-23-16(26)9-7-14(21-2)19(29)30/h14-15,20-21,31-32H,3-12H2,1-2H3,(H,22,27)(H,23,26)(H,24,28)(H,29,30). The van der Waals surface area contributed by atoms with Crippen molar-refractivity contribution in [3.05, 3.63) is 0 Å². The summed E-state index contributed by atoms with van der Waals surface area (Å²) in [5, 5.41) is 38.0. The van der Waals surface area contributed by atoms with E-state index in [1.807, 2.05) is 0 Å². The Bertz CT molecular complexity index is 627. The van der Waals surface area contributed by atoms with Gasteiger partial charge in [-0.05, 0) is 39.7 Å². The Hall–Kier alpha value is -2.57. The lowest BCUT2D eigenvalue weighted by Gasteiger charge is -2.20. The molecule has 7 N–H and O–H groups in total. The number of Topliss-reactive ketones (excluding diaryl/α,β-unsaturated/α-hetero) is 1. The molecule has 12 nitrogen and oxygen atoms in total. The van der Waals surface area contributed by atoms with Crippen molar-refractivity contribution in [2.75, 3.05) is 20.1 Å². The van der Waals surface area contributed by atoms with Gasteiger partial charge in [0.25, 0.3) is 0 Å². The highest BCUT2D eigenvalue weighted by Gasteiger charge is 2.20. The molecule has 32 heavy (non-hydrogen) atoms. The Morgan fingerprint density at radius 2 is 1.31 bits per heavy atom. The molecule has 0 saturated heterocycles. The van der Waals surface area contributed by atoms with Crippen molar-refractivity contribution in [2.24, 2.45) is 0 Å². The maximum Gasteiger partial charge on any atom is 0.320 e. The first-order chi connectivity index (χ1) is 15.1. The number of carboxylic acids is 1. The molecule has 0 aromatic heterocycles. The summed E-state index contributed by atoms with van der Waals surface area (Å²) < 4.78 is 0. The van der Waals surface area contributed by atoms with E-state index in [1.165, 1.54) is 14.0 Å². The zero-order valence-corrected chi connectivity index (χ0v) is 18.7. The normalized spacial score (nSPS) is 12.7. The predicted octanol–water partition coefficient (Wildman–Crippen LogP) is -1.60. The topological polar surface area (TPSA) is 194 Å². The van der Waals surface area contributed by atoms with Crippen molar-refractivity contribution in [3.8, 4) is 0 Å². The molecule has 0 aliphatic carbocycles. The van der Waals surface area contributed by atoms with Crippen LogP contribution >= 0.6 is 0 Å². The molecule has 12 heteroatoms. The molecule has 0 bridgehead atoms. The average molecular weight is 461 g/mol. The number of carboxylic acid groups (broad SMARTS) is 1. The highest BCUT2D eigenvalue weighted by Crippen LogP contribution is 2.03. The summed E-state index contributed by atoms with van der Waals surface area (Å²) in [4.78, 5) is 57.2. The van der Waals surface area contributed by atoms with Crippen LogP contribution in [0.25, 0.3) is 0 Å². The number of aliphatic hydroxyl groups excluding tert-OH is 1. The van der Waals surface area contributed by atoms with E-state index in [4.69, 9.17) is 5.11 Å². The van der Waals surface area contributed by atoms with Crippen molar-refractivity contribution in [1.29, 1.82) is 0 Å². The Morgan fingerprint density at radius 1 is 0.781 bits per heavy atom.